The van der Waals surface area contributed by atoms with Crippen molar-refractivity contribution in [3.05, 3.63) is 35.4 Å². The Morgan fingerprint density at radius 1 is 1.33 bits per heavy atom. The first-order valence-corrected chi connectivity index (χ1v) is 7.95. The van der Waals surface area contributed by atoms with Crippen LogP contribution in [-0.4, -0.2) is 44.0 Å². The molecule has 1 aromatic carbocycles. The summed E-state index contributed by atoms with van der Waals surface area (Å²) in [6.07, 6.45) is 2.35. The Morgan fingerprint density at radius 2 is 2.05 bits per heavy atom. The van der Waals surface area contributed by atoms with E-state index in [2.05, 4.69) is 30.9 Å². The van der Waals surface area contributed by atoms with Crippen LogP contribution in [0, 0.1) is 5.92 Å². The molecule has 1 heterocycles. The highest BCUT2D eigenvalue weighted by atomic mass is 16.5. The van der Waals surface area contributed by atoms with E-state index in [0.717, 1.165) is 31.7 Å². The van der Waals surface area contributed by atoms with Gasteiger partial charge in [0, 0.05) is 18.7 Å². The molecule has 0 bridgehead atoms. The largest absolute Gasteiger partial charge is 0.381 e. The van der Waals surface area contributed by atoms with E-state index in [1.165, 1.54) is 12.0 Å². The smallest absolute Gasteiger partial charge is 0.176 e. The van der Waals surface area contributed by atoms with Crippen molar-refractivity contribution in [2.45, 2.75) is 32.6 Å². The highest BCUT2D eigenvalue weighted by molar-refractivity contribution is 5.97. The van der Waals surface area contributed by atoms with E-state index in [1.54, 1.807) is 0 Å². The second kappa shape index (κ2) is 7.71. The number of hydrogen-bond donors (Lipinski definition) is 0. The molecule has 1 aromatic rings. The zero-order valence-corrected chi connectivity index (χ0v) is 13.5. The van der Waals surface area contributed by atoms with Gasteiger partial charge in [0.25, 0.3) is 0 Å². The van der Waals surface area contributed by atoms with Gasteiger partial charge in [0.05, 0.1) is 13.2 Å². The molecular formula is C18H27NO2. The van der Waals surface area contributed by atoms with Gasteiger partial charge in [-0.2, -0.15) is 0 Å². The summed E-state index contributed by atoms with van der Waals surface area (Å²) in [6, 6.07) is 8.03. The van der Waals surface area contributed by atoms with Crippen LogP contribution < -0.4 is 0 Å². The number of benzene rings is 1. The lowest BCUT2D eigenvalue weighted by Crippen LogP contribution is -2.34. The summed E-state index contributed by atoms with van der Waals surface area (Å²) < 4.78 is 5.50. The van der Waals surface area contributed by atoms with E-state index in [1.807, 2.05) is 19.2 Å². The van der Waals surface area contributed by atoms with Crippen LogP contribution in [0.5, 0.6) is 0 Å². The minimum Gasteiger partial charge on any atom is -0.381 e. The molecule has 0 aromatic heterocycles. The van der Waals surface area contributed by atoms with Gasteiger partial charge in [0.1, 0.15) is 0 Å². The molecule has 3 heteroatoms. The van der Waals surface area contributed by atoms with Crippen LogP contribution in [0.4, 0.5) is 0 Å². The van der Waals surface area contributed by atoms with Gasteiger partial charge in [-0.15, -0.1) is 0 Å². The van der Waals surface area contributed by atoms with Gasteiger partial charge < -0.3 is 4.74 Å². The molecule has 1 aliphatic rings. The fraction of sp³-hybridized carbons (Fsp3) is 0.611. The number of nitrogens with zero attached hydrogens (tertiary/aromatic N) is 1. The molecule has 3 nitrogen and oxygen atoms in total. The van der Waals surface area contributed by atoms with E-state index in [-0.39, 0.29) is 5.78 Å². The number of carbonyl (C=O) groups excluding carboxylic acids is 1. The predicted molar refractivity (Wildman–Crippen MR) is 85.9 cm³/mol. The number of rotatable bonds is 6. The highest BCUT2D eigenvalue weighted by Crippen LogP contribution is 2.16. The summed E-state index contributed by atoms with van der Waals surface area (Å²) in [5, 5.41) is 0. The molecule has 2 rings (SSSR count). The Labute approximate surface area is 128 Å². The molecule has 1 unspecified atom stereocenters. The van der Waals surface area contributed by atoms with Gasteiger partial charge >= 0.3 is 0 Å². The van der Waals surface area contributed by atoms with Crippen molar-refractivity contribution in [1.29, 1.82) is 0 Å². The summed E-state index contributed by atoms with van der Waals surface area (Å²) in [7, 11) is 2.02. The molecule has 0 amide bonds. The van der Waals surface area contributed by atoms with Crippen molar-refractivity contribution in [3.8, 4) is 0 Å². The van der Waals surface area contributed by atoms with E-state index >= 15 is 0 Å². The number of likely N-dealkylation sites (N-methyl/N-ethyl adjacent to an activating group) is 1. The van der Waals surface area contributed by atoms with Gasteiger partial charge in [0.2, 0.25) is 0 Å². The minimum absolute atomic E-state index is 0.199. The van der Waals surface area contributed by atoms with Crippen LogP contribution in [0.1, 0.15) is 48.5 Å². The van der Waals surface area contributed by atoms with Crippen molar-refractivity contribution < 1.29 is 9.53 Å². The maximum Gasteiger partial charge on any atom is 0.176 e. The Bertz CT molecular complexity index is 447. The number of ether oxygens (including phenoxy) is 1. The van der Waals surface area contributed by atoms with Gasteiger partial charge in [-0.3, -0.25) is 9.69 Å². The van der Waals surface area contributed by atoms with Crippen molar-refractivity contribution in [2.24, 2.45) is 5.92 Å². The van der Waals surface area contributed by atoms with Gasteiger partial charge in [-0.1, -0.05) is 38.1 Å². The third-order valence-electron chi connectivity index (χ3n) is 4.14. The van der Waals surface area contributed by atoms with Crippen LogP contribution >= 0.6 is 0 Å². The molecule has 1 atom stereocenters. The molecule has 0 radical (unpaired) electrons. The number of hydrogen-bond acceptors (Lipinski definition) is 3. The first kappa shape index (κ1) is 16.2. The van der Waals surface area contributed by atoms with Crippen molar-refractivity contribution >= 4 is 5.78 Å². The minimum atomic E-state index is 0.199. The summed E-state index contributed by atoms with van der Waals surface area (Å²) in [4.78, 5) is 14.4. The van der Waals surface area contributed by atoms with Gasteiger partial charge in [0.15, 0.2) is 5.78 Å². The van der Waals surface area contributed by atoms with Crippen molar-refractivity contribution in [2.75, 3.05) is 33.4 Å². The fourth-order valence-corrected chi connectivity index (χ4v) is 2.85. The zero-order chi connectivity index (χ0) is 15.2. The Hall–Kier alpha value is -1.19. The molecular weight excluding hydrogens is 262 g/mol. The van der Waals surface area contributed by atoms with Gasteiger partial charge in [-0.05, 0) is 37.3 Å². The lowest BCUT2D eigenvalue weighted by atomic mass is 10.00. The molecule has 0 N–H and O–H groups in total. The quantitative estimate of drug-likeness (QED) is 0.752. The Kier molecular flexibility index (Phi) is 5.95. The summed E-state index contributed by atoms with van der Waals surface area (Å²) in [5.41, 5.74) is 2.09. The summed E-state index contributed by atoms with van der Waals surface area (Å²) >= 11 is 0. The lowest BCUT2D eigenvalue weighted by Gasteiger charge is -2.26. The number of carbonyl (C=O) groups is 1. The molecule has 21 heavy (non-hydrogen) atoms. The molecule has 0 aliphatic carbocycles. The van der Waals surface area contributed by atoms with Gasteiger partial charge in [-0.25, -0.2) is 0 Å². The first-order chi connectivity index (χ1) is 10.1. The van der Waals surface area contributed by atoms with Crippen LogP contribution in [0.25, 0.3) is 0 Å². The Balaban J connectivity index is 1.84. The number of Topliss-reactive ketones (excluding diaryl/α,β-unsaturated/α-hetero) is 1. The first-order valence-electron chi connectivity index (χ1n) is 7.95. The third kappa shape index (κ3) is 4.94. The average molecular weight is 289 g/mol. The summed E-state index contributed by atoms with van der Waals surface area (Å²) in [6.45, 7) is 7.48. The number of ketones is 1. The molecule has 0 saturated carbocycles. The van der Waals surface area contributed by atoms with Crippen molar-refractivity contribution in [1.82, 2.24) is 4.90 Å². The summed E-state index contributed by atoms with van der Waals surface area (Å²) in [5.74, 6) is 1.27. The monoisotopic (exact) mass is 289 g/mol. The maximum atomic E-state index is 12.3. The lowest BCUT2D eigenvalue weighted by molar-refractivity contribution is 0.0416. The maximum absolute atomic E-state index is 12.3. The predicted octanol–water partition coefficient (Wildman–Crippen LogP) is 3.35. The van der Waals surface area contributed by atoms with Crippen LogP contribution in [0.15, 0.2) is 24.3 Å². The molecule has 1 aliphatic heterocycles. The van der Waals surface area contributed by atoms with Crippen LogP contribution in [0.2, 0.25) is 0 Å². The van der Waals surface area contributed by atoms with E-state index in [0.29, 0.717) is 18.4 Å². The third-order valence-corrected chi connectivity index (χ3v) is 4.14. The SMILES string of the molecule is CC(C)c1ccc(C(=O)CN(C)CC2CCCOC2)cc1. The molecule has 116 valence electrons. The van der Waals surface area contributed by atoms with E-state index in [4.69, 9.17) is 4.74 Å². The van der Waals surface area contributed by atoms with Crippen molar-refractivity contribution in [3.63, 3.8) is 0 Å². The topological polar surface area (TPSA) is 29.5 Å². The molecule has 0 spiro atoms. The molecule has 1 fully saturated rings. The zero-order valence-electron chi connectivity index (χ0n) is 13.5. The normalized spacial score (nSPS) is 19.2. The van der Waals surface area contributed by atoms with E-state index in [9.17, 15) is 4.79 Å². The highest BCUT2D eigenvalue weighted by Gasteiger charge is 2.17. The van der Waals surface area contributed by atoms with Crippen LogP contribution in [0.3, 0.4) is 0 Å². The standard InChI is InChI=1S/C18H27NO2/c1-14(2)16-6-8-17(9-7-16)18(20)12-19(3)11-15-5-4-10-21-13-15/h6-9,14-15H,4-5,10-13H2,1-3H3. The van der Waals surface area contributed by atoms with E-state index < -0.39 is 0 Å². The van der Waals surface area contributed by atoms with Crippen LogP contribution in [-0.2, 0) is 4.74 Å². The Morgan fingerprint density at radius 3 is 2.62 bits per heavy atom. The fourth-order valence-electron chi connectivity index (χ4n) is 2.85. The average Bonchev–Trinajstić information content (AvgIpc) is 2.48. The molecule has 1 saturated heterocycles. The second-order valence-corrected chi connectivity index (χ2v) is 6.48. The second-order valence-electron chi connectivity index (χ2n) is 6.48.